The maximum Gasteiger partial charge on any atom is 0.299 e. The van der Waals surface area contributed by atoms with E-state index in [1.54, 1.807) is 12.1 Å². The predicted octanol–water partition coefficient (Wildman–Crippen LogP) is 8.12. The predicted molar refractivity (Wildman–Crippen MR) is 240 cm³/mol. The topological polar surface area (TPSA) is 182 Å². The third-order valence-electron chi connectivity index (χ3n) is 10.1. The molecule has 67 heavy (non-hydrogen) atoms. The molecule has 0 unspecified atom stereocenters. The van der Waals surface area contributed by atoms with E-state index in [-0.39, 0.29) is 51.4 Å². The molecule has 4 aromatic carbocycles. The highest BCUT2D eigenvalue weighted by Gasteiger charge is 2.26. The molecule has 0 saturated carbocycles. The van der Waals surface area contributed by atoms with E-state index in [1.807, 2.05) is 0 Å². The Kier molecular flexibility index (Phi) is 13.9. The van der Waals surface area contributed by atoms with E-state index in [4.69, 9.17) is 13.8 Å². The molecule has 16 nitrogen and oxygen atoms in total. The summed E-state index contributed by atoms with van der Waals surface area (Å²) in [6, 6.07) is 24.8. The Morgan fingerprint density at radius 3 is 1.61 bits per heavy atom. The van der Waals surface area contributed by atoms with Gasteiger partial charge < -0.3 is 14.8 Å². The smallest absolute Gasteiger partial charge is 0.299 e. The second-order valence-electron chi connectivity index (χ2n) is 14.6. The van der Waals surface area contributed by atoms with Crippen LogP contribution in [0, 0.1) is 23.3 Å². The van der Waals surface area contributed by atoms with Gasteiger partial charge in [-0.25, -0.2) is 50.1 Å². The Balaban J connectivity index is 0.000000186. The molecule has 0 aliphatic carbocycles. The monoisotopic (exact) mass is 956 g/mol. The van der Waals surface area contributed by atoms with Crippen LogP contribution in [0.15, 0.2) is 136 Å². The third-order valence-corrected chi connectivity index (χ3v) is 12.0. The zero-order valence-corrected chi connectivity index (χ0v) is 36.8. The van der Waals surface area contributed by atoms with E-state index in [2.05, 4.69) is 30.1 Å². The number of rotatable bonds is 12. The molecular weight excluding hydrogens is 921 g/mol. The summed E-state index contributed by atoms with van der Waals surface area (Å²) < 4.78 is 98.7. The van der Waals surface area contributed by atoms with Crippen LogP contribution in [0.25, 0.3) is 33.4 Å². The number of hydrogen-bond donors (Lipinski definition) is 1. The molecule has 22 heteroatoms. The van der Waals surface area contributed by atoms with Gasteiger partial charge in [-0.1, -0.05) is 24.3 Å². The summed E-state index contributed by atoms with van der Waals surface area (Å²) in [7, 11) is -1.92. The zero-order chi connectivity index (χ0) is 47.2. The molecule has 8 aromatic rings. The lowest BCUT2D eigenvalue weighted by Crippen LogP contribution is -2.42. The Morgan fingerprint density at radius 1 is 0.657 bits per heavy atom. The minimum absolute atomic E-state index is 0.0647. The van der Waals surface area contributed by atoms with Gasteiger partial charge >= 0.3 is 0 Å². The van der Waals surface area contributed by atoms with E-state index in [1.165, 1.54) is 136 Å². The molecular formula is C45H36F4N8O8S2. The summed E-state index contributed by atoms with van der Waals surface area (Å²) in [5, 5.41) is 4.27. The first-order chi connectivity index (χ1) is 32.2. The maximum atomic E-state index is 14.2. The number of nitrogens with zero attached hydrogens (tertiary/aromatic N) is 7. The molecule has 0 spiro atoms. The summed E-state index contributed by atoms with van der Waals surface area (Å²) in [6.45, 7) is 0.752. The molecule has 0 bridgehead atoms. The number of pyridine rings is 2. The first kappa shape index (κ1) is 46.3. The minimum atomic E-state index is -3.25. The molecule has 1 saturated heterocycles. The van der Waals surface area contributed by atoms with Gasteiger partial charge in [0.25, 0.3) is 11.1 Å². The Labute approximate surface area is 382 Å². The molecule has 0 amide bonds. The number of piperidine rings is 1. The van der Waals surface area contributed by atoms with Gasteiger partial charge in [0.05, 0.1) is 24.7 Å². The number of halogens is 4. The number of fused-ring (bicyclic) bond motifs is 2. The first-order valence-corrected chi connectivity index (χ1v) is 22.7. The molecule has 0 atom stereocenters. The number of hydrogen-bond acceptors (Lipinski definition) is 14. The van der Waals surface area contributed by atoms with Crippen molar-refractivity contribution >= 4 is 50.1 Å². The molecule has 1 N–H and O–H groups in total. The molecule has 1 aliphatic heterocycles. The molecule has 344 valence electrons. The lowest BCUT2D eigenvalue weighted by Gasteiger charge is -2.30. The summed E-state index contributed by atoms with van der Waals surface area (Å²) in [5.41, 5.74) is -0.0874. The second kappa shape index (κ2) is 20.1. The highest BCUT2D eigenvalue weighted by atomic mass is 32.2. The van der Waals surface area contributed by atoms with Crippen LogP contribution in [0.3, 0.4) is 0 Å². The van der Waals surface area contributed by atoms with E-state index >= 15 is 0 Å². The Morgan fingerprint density at radius 2 is 1.13 bits per heavy atom. The van der Waals surface area contributed by atoms with Crippen molar-refractivity contribution in [1.82, 2.24) is 33.4 Å². The van der Waals surface area contributed by atoms with Gasteiger partial charge in [-0.2, -0.15) is 9.32 Å². The van der Waals surface area contributed by atoms with Gasteiger partial charge in [0.15, 0.2) is 45.9 Å². The summed E-state index contributed by atoms with van der Waals surface area (Å²) in [6.07, 6.45) is 5.27. The SMILES string of the molecule is COOSc1ncc2cc(Oc3ccccc3F)c(=O)n(-c3ccc(F)cc3)c2n1.CS(=O)(=O)N1CCC(Nc2ncc3cc(Oc4ccccc4F)c(=O)n(-c4ccc(F)cc4)c3n2)CC1. The number of benzene rings is 4. The van der Waals surface area contributed by atoms with Gasteiger partial charge in [0, 0.05) is 42.3 Å². The van der Waals surface area contributed by atoms with Gasteiger partial charge in [-0.3, -0.25) is 18.7 Å². The first-order valence-electron chi connectivity index (χ1n) is 20.1. The number of anilines is 1. The van der Waals surface area contributed by atoms with E-state index < -0.39 is 44.4 Å². The van der Waals surface area contributed by atoms with E-state index in [9.17, 15) is 35.6 Å². The summed E-state index contributed by atoms with van der Waals surface area (Å²) in [5.74, 6) is -2.47. The number of para-hydroxylation sites is 2. The highest BCUT2D eigenvalue weighted by molar-refractivity contribution is 7.94. The van der Waals surface area contributed by atoms with E-state index in [0.717, 1.165) is 12.0 Å². The van der Waals surface area contributed by atoms with Crippen LogP contribution >= 0.6 is 12.0 Å². The quantitative estimate of drug-likeness (QED) is 0.0407. The second-order valence-corrected chi connectivity index (χ2v) is 17.3. The molecule has 1 aliphatic rings. The van der Waals surface area contributed by atoms with Crippen molar-refractivity contribution in [1.29, 1.82) is 0 Å². The van der Waals surface area contributed by atoms with Crippen molar-refractivity contribution in [3.05, 3.63) is 166 Å². The Bertz CT molecular complexity index is 3320. The van der Waals surface area contributed by atoms with Crippen LogP contribution in [-0.4, -0.2) is 74.3 Å². The average Bonchev–Trinajstić information content (AvgIpc) is 3.31. The van der Waals surface area contributed by atoms with Gasteiger partial charge in [-0.15, -0.1) is 0 Å². The summed E-state index contributed by atoms with van der Waals surface area (Å²) >= 11 is 0.756. The average molecular weight is 957 g/mol. The van der Waals surface area contributed by atoms with Crippen LogP contribution in [0.5, 0.6) is 23.0 Å². The normalized spacial score (nSPS) is 13.3. The zero-order valence-electron chi connectivity index (χ0n) is 35.2. The number of nitrogens with one attached hydrogen (secondary N) is 1. The molecule has 0 radical (unpaired) electrons. The molecule has 9 rings (SSSR count). The van der Waals surface area contributed by atoms with Crippen LogP contribution < -0.4 is 25.9 Å². The van der Waals surface area contributed by atoms with Crippen LogP contribution in [0.1, 0.15) is 12.8 Å². The third kappa shape index (κ3) is 10.7. The fraction of sp³-hybridized carbons (Fsp3) is 0.156. The lowest BCUT2D eigenvalue weighted by atomic mass is 10.1. The van der Waals surface area contributed by atoms with Crippen LogP contribution in [0.2, 0.25) is 0 Å². The van der Waals surface area contributed by atoms with Crippen molar-refractivity contribution in [2.75, 3.05) is 31.8 Å². The van der Waals surface area contributed by atoms with Crippen molar-refractivity contribution < 1.29 is 44.7 Å². The highest BCUT2D eigenvalue weighted by Crippen LogP contribution is 2.29. The minimum Gasteiger partial charge on any atom is -0.448 e. The van der Waals surface area contributed by atoms with E-state index in [0.29, 0.717) is 48.1 Å². The number of aromatic nitrogens is 6. The van der Waals surface area contributed by atoms with Crippen LogP contribution in [0.4, 0.5) is 23.5 Å². The van der Waals surface area contributed by atoms with Crippen LogP contribution in [-0.2, 0) is 19.2 Å². The molecule has 4 aromatic heterocycles. The largest absolute Gasteiger partial charge is 0.448 e. The fourth-order valence-electron chi connectivity index (χ4n) is 6.92. The number of sulfonamides is 1. The van der Waals surface area contributed by atoms with Gasteiger partial charge in [0.2, 0.25) is 21.1 Å². The van der Waals surface area contributed by atoms with Crippen molar-refractivity contribution in [2.45, 2.75) is 24.0 Å². The lowest BCUT2D eigenvalue weighted by molar-refractivity contribution is -0.160. The van der Waals surface area contributed by atoms with Crippen molar-refractivity contribution in [3.8, 4) is 34.4 Å². The van der Waals surface area contributed by atoms with Crippen molar-refractivity contribution in [2.24, 2.45) is 0 Å². The molecule has 1 fully saturated rings. The van der Waals surface area contributed by atoms with Gasteiger partial charge in [0.1, 0.15) is 23.7 Å². The Hall–Kier alpha value is -7.24. The van der Waals surface area contributed by atoms with Gasteiger partial charge in [-0.05, 0) is 97.8 Å². The summed E-state index contributed by atoms with van der Waals surface area (Å²) in [4.78, 5) is 48.6. The maximum absolute atomic E-state index is 14.2. The standard InChI is InChI=1S/C25H23F2N5O4S.C20H13F2N3O4S/c1-37(34,35)31-12-10-18(11-13-31)29-25-28-15-16-14-22(36-21-5-3-2-4-20(21)27)24(33)32(23(16)30-25)19-8-6-17(26)7-9-19;1-27-29-30-20-23-11-12-10-17(28-16-5-3-2-4-15(16)22)19(26)25(18(12)24-20)14-8-6-13(21)7-9-14/h2-9,14-15,18H,10-13H2,1H3,(H,28,29,30);2-11H,1H3. The molecule has 5 heterocycles. The fourth-order valence-corrected chi connectivity index (χ4v) is 8.14. The number of ether oxygens (including phenoxy) is 2. The van der Waals surface area contributed by atoms with Crippen molar-refractivity contribution in [3.63, 3.8) is 0 Å².